The summed E-state index contributed by atoms with van der Waals surface area (Å²) in [6.45, 7) is 3.48. The fourth-order valence-corrected chi connectivity index (χ4v) is 5.02. The van der Waals surface area contributed by atoms with Gasteiger partial charge in [0.2, 0.25) is 0 Å². The number of benzene rings is 2. The van der Waals surface area contributed by atoms with Crippen molar-refractivity contribution >= 4 is 16.1 Å². The molecule has 10 nitrogen and oxygen atoms in total. The van der Waals surface area contributed by atoms with Crippen LogP contribution in [0.3, 0.4) is 0 Å². The number of aromatic nitrogens is 4. The predicted octanol–water partition coefficient (Wildman–Crippen LogP) is 2.29. The molecule has 1 saturated heterocycles. The fourth-order valence-electron chi connectivity index (χ4n) is 3.60. The van der Waals surface area contributed by atoms with Gasteiger partial charge in [0.1, 0.15) is 12.3 Å². The van der Waals surface area contributed by atoms with E-state index < -0.39 is 33.6 Å². The lowest BCUT2D eigenvalue weighted by atomic mass is 10.2. The molecule has 1 aliphatic heterocycles. The molecule has 0 saturated carbocycles. The van der Waals surface area contributed by atoms with E-state index in [1.165, 1.54) is 4.90 Å². The van der Waals surface area contributed by atoms with Crippen molar-refractivity contribution < 1.29 is 22.7 Å². The zero-order chi connectivity index (χ0) is 22.8. The summed E-state index contributed by atoms with van der Waals surface area (Å²) in [6.07, 6.45) is -0.656. The number of carbonyl (C=O) groups excluding carboxylic acids is 1. The second kappa shape index (κ2) is 8.67. The molecule has 0 N–H and O–H groups in total. The summed E-state index contributed by atoms with van der Waals surface area (Å²) >= 11 is 0. The van der Waals surface area contributed by atoms with Crippen LogP contribution in [0, 0.1) is 0 Å². The van der Waals surface area contributed by atoms with E-state index in [1.807, 2.05) is 36.4 Å². The van der Waals surface area contributed by atoms with Gasteiger partial charge in [0.15, 0.2) is 5.82 Å². The zero-order valence-corrected chi connectivity index (χ0v) is 18.5. The first-order chi connectivity index (χ1) is 15.3. The lowest BCUT2D eigenvalue weighted by Gasteiger charge is -2.32. The highest BCUT2D eigenvalue weighted by atomic mass is 32.2. The predicted molar refractivity (Wildman–Crippen MR) is 115 cm³/mol. The molecule has 0 aliphatic carbocycles. The lowest BCUT2D eigenvalue weighted by molar-refractivity contribution is -0.0485. The van der Waals surface area contributed by atoms with Crippen molar-refractivity contribution in [3.63, 3.8) is 0 Å². The molecule has 2 aromatic carbocycles. The molecule has 1 unspecified atom stereocenters. The average Bonchev–Trinajstić information content (AvgIpc) is 3.38. The van der Waals surface area contributed by atoms with Crippen LogP contribution in [0.15, 0.2) is 60.7 Å². The van der Waals surface area contributed by atoms with Crippen LogP contribution in [-0.4, -0.2) is 63.2 Å². The quantitative estimate of drug-likeness (QED) is 0.554. The third-order valence-corrected chi connectivity index (χ3v) is 6.70. The maximum atomic E-state index is 13.2. The van der Waals surface area contributed by atoms with E-state index in [4.69, 9.17) is 9.47 Å². The van der Waals surface area contributed by atoms with Gasteiger partial charge in [-0.2, -0.15) is 0 Å². The molecular formula is C21H23N5O5S. The monoisotopic (exact) mass is 457 g/mol. The van der Waals surface area contributed by atoms with Crippen LogP contribution in [0.4, 0.5) is 4.79 Å². The van der Waals surface area contributed by atoms with Gasteiger partial charge in [-0.15, -0.1) is 9.19 Å². The van der Waals surface area contributed by atoms with Crippen LogP contribution in [0.2, 0.25) is 0 Å². The molecule has 4 rings (SSSR count). The van der Waals surface area contributed by atoms with Gasteiger partial charge in [-0.05, 0) is 29.8 Å². The number of ether oxygens (including phenoxy) is 2. The molecule has 168 valence electrons. The Morgan fingerprint density at radius 1 is 1.12 bits per heavy atom. The largest absolute Gasteiger partial charge is 0.444 e. The Bertz CT molecular complexity index is 1180. The van der Waals surface area contributed by atoms with Crippen molar-refractivity contribution in [2.75, 3.05) is 12.4 Å². The van der Waals surface area contributed by atoms with Crippen molar-refractivity contribution in [3.05, 3.63) is 66.2 Å². The number of hydrogen-bond donors (Lipinski definition) is 0. The normalized spacial score (nSPS) is 17.9. The van der Waals surface area contributed by atoms with Gasteiger partial charge in [0, 0.05) is 5.56 Å². The van der Waals surface area contributed by atoms with Crippen LogP contribution in [0.1, 0.15) is 19.4 Å². The van der Waals surface area contributed by atoms with E-state index in [0.29, 0.717) is 5.56 Å². The Morgan fingerprint density at radius 3 is 2.47 bits per heavy atom. The molecule has 2 heterocycles. The first-order valence-electron chi connectivity index (χ1n) is 9.99. The summed E-state index contributed by atoms with van der Waals surface area (Å²) in [6, 6.07) is 17.2. The summed E-state index contributed by atoms with van der Waals surface area (Å²) in [7, 11) is -4.01. The summed E-state index contributed by atoms with van der Waals surface area (Å²) in [5.74, 6) is -0.330. The van der Waals surface area contributed by atoms with Gasteiger partial charge in [-0.3, -0.25) is 4.90 Å². The van der Waals surface area contributed by atoms with E-state index >= 15 is 0 Å². The van der Waals surface area contributed by atoms with Crippen molar-refractivity contribution in [1.82, 2.24) is 24.5 Å². The van der Waals surface area contributed by atoms with Crippen molar-refractivity contribution in [1.29, 1.82) is 0 Å². The van der Waals surface area contributed by atoms with Crippen LogP contribution in [-0.2, 0) is 26.1 Å². The van der Waals surface area contributed by atoms with Crippen LogP contribution >= 0.6 is 0 Å². The first-order valence-corrected chi connectivity index (χ1v) is 11.6. The first kappa shape index (κ1) is 21.9. The Kier molecular flexibility index (Phi) is 5.94. The maximum absolute atomic E-state index is 13.2. The van der Waals surface area contributed by atoms with Crippen molar-refractivity contribution in [3.8, 4) is 11.4 Å². The topological polar surface area (TPSA) is 117 Å². The van der Waals surface area contributed by atoms with Crippen molar-refractivity contribution in [2.24, 2.45) is 0 Å². The molecule has 3 aromatic rings. The van der Waals surface area contributed by atoms with E-state index in [0.717, 1.165) is 9.65 Å². The van der Waals surface area contributed by atoms with Gasteiger partial charge in [-0.1, -0.05) is 60.7 Å². The van der Waals surface area contributed by atoms with Gasteiger partial charge >= 0.3 is 6.09 Å². The minimum Gasteiger partial charge on any atom is -0.444 e. The van der Waals surface area contributed by atoms with E-state index in [-0.39, 0.29) is 19.0 Å². The molecule has 32 heavy (non-hydrogen) atoms. The van der Waals surface area contributed by atoms with Crippen molar-refractivity contribution in [2.45, 2.75) is 32.2 Å². The molecule has 0 bridgehead atoms. The SMILES string of the molecule is CC1(C)OCC(CS(=O)(=O)n2nnnc2-c2ccccc2)N1C(=O)OCc1ccccc1. The lowest BCUT2D eigenvalue weighted by Crippen LogP contribution is -2.50. The fraction of sp³-hybridized carbons (Fsp3) is 0.333. The van der Waals surface area contributed by atoms with E-state index in [2.05, 4.69) is 15.5 Å². The zero-order valence-electron chi connectivity index (χ0n) is 17.7. The number of carbonyl (C=O) groups is 1. The number of nitrogens with zero attached hydrogens (tertiary/aromatic N) is 5. The molecule has 1 aromatic heterocycles. The molecular weight excluding hydrogens is 434 g/mol. The second-order valence-electron chi connectivity index (χ2n) is 7.81. The molecule has 1 aliphatic rings. The molecule has 0 radical (unpaired) electrons. The molecule has 1 fully saturated rings. The number of rotatable bonds is 6. The summed E-state index contributed by atoms with van der Waals surface area (Å²) in [5.41, 5.74) is 0.351. The van der Waals surface area contributed by atoms with Crippen LogP contribution in [0.5, 0.6) is 0 Å². The van der Waals surface area contributed by atoms with Gasteiger partial charge in [0.25, 0.3) is 10.0 Å². The van der Waals surface area contributed by atoms with Crippen LogP contribution in [0.25, 0.3) is 11.4 Å². The summed E-state index contributed by atoms with van der Waals surface area (Å²) in [5, 5.41) is 11.1. The summed E-state index contributed by atoms with van der Waals surface area (Å²) in [4.78, 5) is 14.2. The third kappa shape index (κ3) is 4.48. The highest BCUT2D eigenvalue weighted by Gasteiger charge is 2.47. The Morgan fingerprint density at radius 2 is 1.78 bits per heavy atom. The van der Waals surface area contributed by atoms with E-state index in [1.54, 1.807) is 38.1 Å². The second-order valence-corrected chi connectivity index (χ2v) is 9.65. The number of amides is 1. The molecule has 11 heteroatoms. The maximum Gasteiger partial charge on any atom is 0.412 e. The van der Waals surface area contributed by atoms with Gasteiger partial charge < -0.3 is 9.47 Å². The number of hydrogen-bond acceptors (Lipinski definition) is 8. The van der Waals surface area contributed by atoms with Crippen LogP contribution < -0.4 is 0 Å². The summed E-state index contributed by atoms with van der Waals surface area (Å²) < 4.78 is 38.3. The Labute approximate surface area is 185 Å². The molecule has 1 amide bonds. The van der Waals surface area contributed by atoms with E-state index in [9.17, 15) is 13.2 Å². The minimum atomic E-state index is -4.01. The highest BCUT2D eigenvalue weighted by Crippen LogP contribution is 2.30. The standard InChI is InChI=1S/C21H23N5O5S/c1-21(2)25(20(27)30-13-16-9-5-3-6-10-16)18(14-31-21)15-32(28,29)26-19(22-23-24-26)17-11-7-4-8-12-17/h3-12,18H,13-15H2,1-2H3. The van der Waals surface area contributed by atoms with Gasteiger partial charge in [-0.25, -0.2) is 13.2 Å². The minimum absolute atomic E-state index is 0.0372. The average molecular weight is 458 g/mol. The highest BCUT2D eigenvalue weighted by molar-refractivity contribution is 7.89. The smallest absolute Gasteiger partial charge is 0.412 e. The molecule has 1 atom stereocenters. The third-order valence-electron chi connectivity index (χ3n) is 5.12. The Balaban J connectivity index is 1.54. The number of tetrazole rings is 1. The van der Waals surface area contributed by atoms with Gasteiger partial charge in [0.05, 0.1) is 18.4 Å². The molecule has 0 spiro atoms. The Hall–Kier alpha value is -3.31.